The first-order chi connectivity index (χ1) is 8.22. The first-order valence-corrected chi connectivity index (χ1v) is 7.14. The van der Waals surface area contributed by atoms with E-state index in [-0.39, 0.29) is 0 Å². The topological polar surface area (TPSA) is 24.5 Å². The third-order valence-electron chi connectivity index (χ3n) is 3.61. The molecule has 0 aromatic carbocycles. The number of rotatable bonds is 8. The van der Waals surface area contributed by atoms with Crippen LogP contribution in [0.25, 0.3) is 0 Å². The summed E-state index contributed by atoms with van der Waals surface area (Å²) < 4.78 is 5.22. The first-order valence-electron chi connectivity index (χ1n) is 7.14. The highest BCUT2D eigenvalue weighted by Crippen LogP contribution is 2.16. The molecule has 3 nitrogen and oxygen atoms in total. The molecular weight excluding hydrogens is 212 g/mol. The monoisotopic (exact) mass is 242 g/mol. The summed E-state index contributed by atoms with van der Waals surface area (Å²) in [5, 5.41) is 3.53. The molecule has 0 saturated carbocycles. The number of methoxy groups -OCH3 is 1. The van der Waals surface area contributed by atoms with Gasteiger partial charge in [0.15, 0.2) is 0 Å². The molecule has 1 rings (SSSR count). The molecular formula is C14H30N2O. The molecule has 0 aliphatic carbocycles. The fourth-order valence-electron chi connectivity index (χ4n) is 2.37. The van der Waals surface area contributed by atoms with E-state index >= 15 is 0 Å². The predicted octanol–water partition coefficient (Wildman–Crippen LogP) is 1.98. The Morgan fingerprint density at radius 1 is 1.24 bits per heavy atom. The van der Waals surface area contributed by atoms with Gasteiger partial charge in [-0.15, -0.1) is 0 Å². The SMILES string of the molecule is COCC1CCN(CCNCCC(C)C)CC1. The summed E-state index contributed by atoms with van der Waals surface area (Å²) in [5.74, 6) is 1.61. The fourth-order valence-corrected chi connectivity index (χ4v) is 2.37. The van der Waals surface area contributed by atoms with Crippen molar-refractivity contribution in [3.63, 3.8) is 0 Å². The zero-order valence-electron chi connectivity index (χ0n) is 11.9. The van der Waals surface area contributed by atoms with Crippen LogP contribution in [0.1, 0.15) is 33.1 Å². The second kappa shape index (κ2) is 8.90. The molecule has 0 atom stereocenters. The van der Waals surface area contributed by atoms with Crippen molar-refractivity contribution in [2.45, 2.75) is 33.1 Å². The summed E-state index contributed by atoms with van der Waals surface area (Å²) in [6.07, 6.45) is 3.90. The van der Waals surface area contributed by atoms with Crippen LogP contribution >= 0.6 is 0 Å². The normalized spacial score (nSPS) is 19.1. The van der Waals surface area contributed by atoms with Crippen molar-refractivity contribution in [1.82, 2.24) is 10.2 Å². The Morgan fingerprint density at radius 3 is 2.53 bits per heavy atom. The largest absolute Gasteiger partial charge is 0.384 e. The molecule has 0 radical (unpaired) electrons. The van der Waals surface area contributed by atoms with Crippen LogP contribution in [-0.2, 0) is 4.74 Å². The van der Waals surface area contributed by atoms with E-state index in [1.54, 1.807) is 0 Å². The van der Waals surface area contributed by atoms with E-state index < -0.39 is 0 Å². The van der Waals surface area contributed by atoms with Crippen LogP contribution in [0.5, 0.6) is 0 Å². The number of piperidine rings is 1. The van der Waals surface area contributed by atoms with Gasteiger partial charge < -0.3 is 15.0 Å². The maximum absolute atomic E-state index is 5.22. The van der Waals surface area contributed by atoms with E-state index in [4.69, 9.17) is 4.74 Å². The van der Waals surface area contributed by atoms with Gasteiger partial charge in [-0.3, -0.25) is 0 Å². The highest BCUT2D eigenvalue weighted by Gasteiger charge is 2.18. The smallest absolute Gasteiger partial charge is 0.0491 e. The molecule has 1 heterocycles. The summed E-state index contributed by atoms with van der Waals surface area (Å²) in [5.41, 5.74) is 0. The van der Waals surface area contributed by atoms with Crippen molar-refractivity contribution in [3.8, 4) is 0 Å². The zero-order valence-corrected chi connectivity index (χ0v) is 11.9. The molecule has 0 spiro atoms. The summed E-state index contributed by atoms with van der Waals surface area (Å²) in [6.45, 7) is 11.5. The van der Waals surface area contributed by atoms with Gasteiger partial charge in [-0.25, -0.2) is 0 Å². The molecule has 1 N–H and O–H groups in total. The lowest BCUT2D eigenvalue weighted by molar-refractivity contribution is 0.0999. The number of ether oxygens (including phenoxy) is 1. The second-order valence-electron chi connectivity index (χ2n) is 5.67. The van der Waals surface area contributed by atoms with E-state index in [9.17, 15) is 0 Å². The van der Waals surface area contributed by atoms with Crippen molar-refractivity contribution >= 4 is 0 Å². The molecule has 1 saturated heterocycles. The van der Waals surface area contributed by atoms with E-state index in [1.165, 1.54) is 38.9 Å². The highest BCUT2D eigenvalue weighted by molar-refractivity contribution is 4.72. The number of likely N-dealkylation sites (tertiary alicyclic amines) is 1. The van der Waals surface area contributed by atoms with Crippen LogP contribution < -0.4 is 5.32 Å². The van der Waals surface area contributed by atoms with Crippen LogP contribution in [0.3, 0.4) is 0 Å². The van der Waals surface area contributed by atoms with Gasteiger partial charge in [0.05, 0.1) is 0 Å². The van der Waals surface area contributed by atoms with Gasteiger partial charge in [0.2, 0.25) is 0 Å². The third kappa shape index (κ3) is 7.02. The molecule has 17 heavy (non-hydrogen) atoms. The van der Waals surface area contributed by atoms with Gasteiger partial charge >= 0.3 is 0 Å². The molecule has 0 amide bonds. The highest BCUT2D eigenvalue weighted by atomic mass is 16.5. The van der Waals surface area contributed by atoms with Crippen molar-refractivity contribution in [2.75, 3.05) is 46.4 Å². The van der Waals surface area contributed by atoms with Gasteiger partial charge in [0.25, 0.3) is 0 Å². The quantitative estimate of drug-likeness (QED) is 0.659. The number of nitrogens with one attached hydrogen (secondary N) is 1. The van der Waals surface area contributed by atoms with Crippen LogP contribution in [-0.4, -0.2) is 51.3 Å². The second-order valence-corrected chi connectivity index (χ2v) is 5.67. The predicted molar refractivity (Wildman–Crippen MR) is 73.4 cm³/mol. The Balaban J connectivity index is 1.95. The van der Waals surface area contributed by atoms with Crippen LogP contribution in [0.4, 0.5) is 0 Å². The lowest BCUT2D eigenvalue weighted by atomic mass is 9.98. The van der Waals surface area contributed by atoms with Gasteiger partial charge in [-0.1, -0.05) is 13.8 Å². The van der Waals surface area contributed by atoms with Gasteiger partial charge in [0.1, 0.15) is 0 Å². The van der Waals surface area contributed by atoms with Gasteiger partial charge in [-0.2, -0.15) is 0 Å². The standard InChI is InChI=1S/C14H30N2O/c1-13(2)4-7-15-8-11-16-9-5-14(6-10-16)12-17-3/h13-15H,4-12H2,1-3H3. The van der Waals surface area contributed by atoms with Crippen molar-refractivity contribution in [3.05, 3.63) is 0 Å². The van der Waals surface area contributed by atoms with Crippen molar-refractivity contribution in [2.24, 2.45) is 11.8 Å². The summed E-state index contributed by atoms with van der Waals surface area (Å²) in [7, 11) is 1.81. The molecule has 1 aliphatic heterocycles. The van der Waals surface area contributed by atoms with E-state index in [2.05, 4.69) is 24.1 Å². The third-order valence-corrected chi connectivity index (χ3v) is 3.61. The molecule has 0 aromatic rings. The Morgan fingerprint density at radius 2 is 1.94 bits per heavy atom. The zero-order chi connectivity index (χ0) is 12.5. The average molecular weight is 242 g/mol. The van der Waals surface area contributed by atoms with E-state index in [1.807, 2.05) is 7.11 Å². The minimum Gasteiger partial charge on any atom is -0.384 e. The molecule has 0 aromatic heterocycles. The Hall–Kier alpha value is -0.120. The van der Waals surface area contributed by atoms with Crippen molar-refractivity contribution < 1.29 is 4.74 Å². The number of hydrogen-bond acceptors (Lipinski definition) is 3. The maximum Gasteiger partial charge on any atom is 0.0491 e. The molecule has 0 unspecified atom stereocenters. The van der Waals surface area contributed by atoms with E-state index in [0.717, 1.165) is 31.5 Å². The Kier molecular flexibility index (Phi) is 7.82. The molecule has 0 bridgehead atoms. The van der Waals surface area contributed by atoms with Crippen molar-refractivity contribution in [1.29, 1.82) is 0 Å². The fraction of sp³-hybridized carbons (Fsp3) is 1.00. The number of hydrogen-bond donors (Lipinski definition) is 1. The Labute approximate surface area is 107 Å². The Bertz CT molecular complexity index is 177. The van der Waals surface area contributed by atoms with Gasteiger partial charge in [-0.05, 0) is 50.7 Å². The van der Waals surface area contributed by atoms with Crippen LogP contribution in [0, 0.1) is 11.8 Å². The molecule has 102 valence electrons. The molecule has 3 heteroatoms. The van der Waals surface area contributed by atoms with Crippen LogP contribution in [0.2, 0.25) is 0 Å². The number of nitrogens with zero attached hydrogens (tertiary/aromatic N) is 1. The van der Waals surface area contributed by atoms with Gasteiger partial charge in [0, 0.05) is 26.8 Å². The minimum absolute atomic E-state index is 0.796. The summed E-state index contributed by atoms with van der Waals surface area (Å²) >= 11 is 0. The maximum atomic E-state index is 5.22. The lowest BCUT2D eigenvalue weighted by Gasteiger charge is -2.31. The summed E-state index contributed by atoms with van der Waals surface area (Å²) in [4.78, 5) is 2.58. The average Bonchev–Trinajstić information content (AvgIpc) is 2.31. The minimum atomic E-state index is 0.796. The molecule has 1 aliphatic rings. The van der Waals surface area contributed by atoms with Crippen LogP contribution in [0.15, 0.2) is 0 Å². The van der Waals surface area contributed by atoms with E-state index in [0.29, 0.717) is 0 Å². The molecule has 1 fully saturated rings. The summed E-state index contributed by atoms with van der Waals surface area (Å²) in [6, 6.07) is 0. The first kappa shape index (κ1) is 14.9. The lowest BCUT2D eigenvalue weighted by Crippen LogP contribution is -2.39.